The van der Waals surface area contributed by atoms with Crippen LogP contribution in [0.15, 0.2) is 54.6 Å². The Bertz CT molecular complexity index is 1020. The average molecular weight is 458 g/mol. The molecule has 2 aromatic carbocycles. The summed E-state index contributed by atoms with van der Waals surface area (Å²) in [6.45, 7) is 5.36. The van der Waals surface area contributed by atoms with E-state index in [9.17, 15) is 13.2 Å². The Labute approximate surface area is 190 Å². The molecule has 2 saturated heterocycles. The highest BCUT2D eigenvalue weighted by molar-refractivity contribution is 7.91. The third-order valence-corrected chi connectivity index (χ3v) is 8.00. The molecule has 2 atom stereocenters. The summed E-state index contributed by atoms with van der Waals surface area (Å²) >= 11 is 0. The van der Waals surface area contributed by atoms with Crippen molar-refractivity contribution in [2.24, 2.45) is 0 Å². The number of sulfone groups is 1. The zero-order valence-electron chi connectivity index (χ0n) is 18.4. The van der Waals surface area contributed by atoms with Gasteiger partial charge in [0.2, 0.25) is 5.91 Å². The van der Waals surface area contributed by atoms with E-state index in [2.05, 4.69) is 15.1 Å². The van der Waals surface area contributed by atoms with E-state index in [0.717, 1.165) is 18.7 Å². The van der Waals surface area contributed by atoms with Gasteiger partial charge in [-0.25, -0.2) is 8.42 Å². The molecule has 0 radical (unpaired) electrons. The predicted octanol–water partition coefficient (Wildman–Crippen LogP) is 2.57. The fourth-order valence-electron chi connectivity index (χ4n) is 4.64. The van der Waals surface area contributed by atoms with Gasteiger partial charge >= 0.3 is 0 Å². The van der Waals surface area contributed by atoms with Crippen molar-refractivity contribution in [3.8, 4) is 5.75 Å². The Morgan fingerprint density at radius 3 is 2.41 bits per heavy atom. The second-order valence-corrected chi connectivity index (χ2v) is 10.6. The number of amides is 1. The molecule has 0 saturated carbocycles. The molecule has 4 rings (SSSR count). The Kier molecular flexibility index (Phi) is 7.13. The molecule has 7 nitrogen and oxygen atoms in total. The molecule has 8 heteroatoms. The van der Waals surface area contributed by atoms with Crippen LogP contribution in [0.5, 0.6) is 5.75 Å². The van der Waals surface area contributed by atoms with Crippen LogP contribution >= 0.6 is 0 Å². The topological polar surface area (TPSA) is 79.0 Å². The lowest BCUT2D eigenvalue weighted by molar-refractivity contribution is -0.122. The molecule has 32 heavy (non-hydrogen) atoms. The summed E-state index contributed by atoms with van der Waals surface area (Å²) in [5.74, 6) is 1.10. The predicted molar refractivity (Wildman–Crippen MR) is 126 cm³/mol. The molecule has 2 aromatic rings. The van der Waals surface area contributed by atoms with Crippen molar-refractivity contribution in [3.63, 3.8) is 0 Å². The number of nitrogens with one attached hydrogen (secondary N) is 1. The van der Waals surface area contributed by atoms with Gasteiger partial charge in [0.05, 0.1) is 23.8 Å². The molecule has 1 amide bonds. The number of anilines is 1. The number of ether oxygens (including phenoxy) is 1. The van der Waals surface area contributed by atoms with E-state index in [1.54, 1.807) is 0 Å². The Morgan fingerprint density at radius 1 is 1.06 bits per heavy atom. The SMILES string of the molecule is CCOc1ccccc1NC(=O)[C@H](c1ccccc1)N1CCN([C@H]2CCS(=O)(=O)C2)CC1. The summed E-state index contributed by atoms with van der Waals surface area (Å²) in [6.07, 6.45) is 0.707. The first-order chi connectivity index (χ1) is 15.5. The van der Waals surface area contributed by atoms with Gasteiger partial charge in [0.15, 0.2) is 9.84 Å². The van der Waals surface area contributed by atoms with Crippen molar-refractivity contribution >= 4 is 21.4 Å². The molecule has 172 valence electrons. The number of benzene rings is 2. The van der Waals surface area contributed by atoms with Gasteiger partial charge in [0.25, 0.3) is 0 Å². The lowest BCUT2D eigenvalue weighted by Crippen LogP contribution is -2.53. The molecular formula is C24H31N3O4S. The molecule has 0 aliphatic carbocycles. The second kappa shape index (κ2) is 10.0. The monoisotopic (exact) mass is 457 g/mol. The molecular weight excluding hydrogens is 426 g/mol. The number of carbonyl (C=O) groups is 1. The van der Waals surface area contributed by atoms with E-state index in [4.69, 9.17) is 4.74 Å². The largest absolute Gasteiger partial charge is 0.492 e. The van der Waals surface area contributed by atoms with Crippen LogP contribution in [-0.2, 0) is 14.6 Å². The number of hydrogen-bond acceptors (Lipinski definition) is 6. The first kappa shape index (κ1) is 22.8. The van der Waals surface area contributed by atoms with Crippen LogP contribution in [0.25, 0.3) is 0 Å². The molecule has 2 aliphatic heterocycles. The Balaban J connectivity index is 1.49. The zero-order valence-corrected chi connectivity index (χ0v) is 19.3. The first-order valence-electron chi connectivity index (χ1n) is 11.2. The van der Waals surface area contributed by atoms with Crippen molar-refractivity contribution in [2.75, 3.05) is 49.6 Å². The maximum Gasteiger partial charge on any atom is 0.246 e. The molecule has 2 aliphatic rings. The van der Waals surface area contributed by atoms with E-state index in [-0.39, 0.29) is 23.5 Å². The molecule has 0 bridgehead atoms. The maximum absolute atomic E-state index is 13.5. The van der Waals surface area contributed by atoms with Crippen LogP contribution < -0.4 is 10.1 Å². The molecule has 2 fully saturated rings. The third kappa shape index (κ3) is 5.31. The van der Waals surface area contributed by atoms with Crippen LogP contribution in [0.2, 0.25) is 0 Å². The van der Waals surface area contributed by atoms with Gasteiger partial charge in [0.1, 0.15) is 11.8 Å². The van der Waals surface area contributed by atoms with Crippen LogP contribution in [0.4, 0.5) is 5.69 Å². The van der Waals surface area contributed by atoms with Crippen LogP contribution in [0.1, 0.15) is 24.9 Å². The standard InChI is InChI=1S/C24H31N3O4S/c1-2-31-22-11-7-6-10-21(22)25-24(28)23(19-8-4-3-5-9-19)27-15-13-26(14-16-27)20-12-17-32(29,30)18-20/h3-11,20,23H,2,12-18H2,1H3,(H,25,28)/t20-,23-/m0/s1. The molecule has 0 spiro atoms. The molecule has 0 unspecified atom stereocenters. The second-order valence-electron chi connectivity index (χ2n) is 8.36. The highest BCUT2D eigenvalue weighted by Crippen LogP contribution is 2.29. The number of piperazine rings is 1. The van der Waals surface area contributed by atoms with Crippen molar-refractivity contribution in [2.45, 2.75) is 25.4 Å². The van der Waals surface area contributed by atoms with Gasteiger partial charge in [-0.3, -0.25) is 14.6 Å². The number of nitrogens with zero attached hydrogens (tertiary/aromatic N) is 2. The highest BCUT2D eigenvalue weighted by Gasteiger charge is 2.36. The van der Waals surface area contributed by atoms with Crippen LogP contribution in [0, 0.1) is 0 Å². The minimum absolute atomic E-state index is 0.0970. The quantitative estimate of drug-likeness (QED) is 0.689. The van der Waals surface area contributed by atoms with Crippen LogP contribution in [-0.4, -0.2) is 74.5 Å². The normalized spacial score (nSPS) is 22.3. The minimum atomic E-state index is -2.91. The average Bonchev–Trinajstić information content (AvgIpc) is 3.16. The van der Waals surface area contributed by atoms with E-state index >= 15 is 0 Å². The van der Waals surface area contributed by atoms with Gasteiger partial charge in [-0.2, -0.15) is 0 Å². The minimum Gasteiger partial charge on any atom is -0.492 e. The van der Waals surface area contributed by atoms with Crippen molar-refractivity contribution in [3.05, 3.63) is 60.2 Å². The lowest BCUT2D eigenvalue weighted by atomic mass is 10.0. The summed E-state index contributed by atoms with van der Waals surface area (Å²) in [4.78, 5) is 17.9. The summed E-state index contributed by atoms with van der Waals surface area (Å²) < 4.78 is 29.4. The molecule has 0 aromatic heterocycles. The Hall–Kier alpha value is -2.42. The number of hydrogen-bond donors (Lipinski definition) is 1. The number of carbonyl (C=O) groups excluding carboxylic acids is 1. The first-order valence-corrected chi connectivity index (χ1v) is 13.0. The zero-order chi connectivity index (χ0) is 22.6. The van der Waals surface area contributed by atoms with E-state index < -0.39 is 15.9 Å². The van der Waals surface area contributed by atoms with Gasteiger partial charge in [-0.05, 0) is 31.0 Å². The fourth-order valence-corrected chi connectivity index (χ4v) is 6.40. The van der Waals surface area contributed by atoms with Gasteiger partial charge in [0, 0.05) is 32.2 Å². The van der Waals surface area contributed by atoms with Gasteiger partial charge in [-0.1, -0.05) is 42.5 Å². The van der Waals surface area contributed by atoms with Crippen molar-refractivity contribution < 1.29 is 17.9 Å². The van der Waals surface area contributed by atoms with Crippen molar-refractivity contribution in [1.82, 2.24) is 9.80 Å². The number of para-hydroxylation sites is 2. The summed E-state index contributed by atoms with van der Waals surface area (Å²) in [5, 5.41) is 3.07. The molecule has 1 N–H and O–H groups in total. The summed E-state index contributed by atoms with van der Waals surface area (Å²) in [6, 6.07) is 16.9. The van der Waals surface area contributed by atoms with Gasteiger partial charge in [-0.15, -0.1) is 0 Å². The Morgan fingerprint density at radius 2 is 1.75 bits per heavy atom. The lowest BCUT2D eigenvalue weighted by Gasteiger charge is -2.40. The van der Waals surface area contributed by atoms with E-state index in [0.29, 0.717) is 37.6 Å². The van der Waals surface area contributed by atoms with E-state index in [1.807, 2.05) is 61.5 Å². The maximum atomic E-state index is 13.5. The molecule has 2 heterocycles. The smallest absolute Gasteiger partial charge is 0.246 e. The van der Waals surface area contributed by atoms with Gasteiger partial charge < -0.3 is 10.1 Å². The summed E-state index contributed by atoms with van der Waals surface area (Å²) in [7, 11) is -2.91. The number of rotatable bonds is 7. The van der Waals surface area contributed by atoms with Crippen LogP contribution in [0.3, 0.4) is 0 Å². The highest BCUT2D eigenvalue weighted by atomic mass is 32.2. The third-order valence-electron chi connectivity index (χ3n) is 6.25. The van der Waals surface area contributed by atoms with Crippen molar-refractivity contribution in [1.29, 1.82) is 0 Å². The summed E-state index contributed by atoms with van der Waals surface area (Å²) in [5.41, 5.74) is 1.60. The fraction of sp³-hybridized carbons (Fsp3) is 0.458. The van der Waals surface area contributed by atoms with E-state index in [1.165, 1.54) is 0 Å².